The largest absolute Gasteiger partial charge is 0.335 e. The molecule has 2 aliphatic heterocycles. The zero-order valence-corrected chi connectivity index (χ0v) is 9.46. The Balaban J connectivity index is 1.81. The Hall–Kier alpha value is -0.770. The molecule has 2 saturated heterocycles. The van der Waals surface area contributed by atoms with Crippen molar-refractivity contribution in [1.82, 2.24) is 15.5 Å². The lowest BCUT2D eigenvalue weighted by Gasteiger charge is -2.31. The number of piperidine rings is 1. The molecule has 86 valence electrons. The van der Waals surface area contributed by atoms with E-state index in [9.17, 15) is 4.79 Å². The van der Waals surface area contributed by atoms with Crippen LogP contribution in [-0.4, -0.2) is 43.2 Å². The van der Waals surface area contributed by atoms with Crippen LogP contribution in [-0.2, 0) is 0 Å². The topological polar surface area (TPSA) is 44.4 Å². The highest BCUT2D eigenvalue weighted by Crippen LogP contribution is 2.12. The maximum atomic E-state index is 11.9. The summed E-state index contributed by atoms with van der Waals surface area (Å²) < 4.78 is 0. The van der Waals surface area contributed by atoms with E-state index in [-0.39, 0.29) is 6.03 Å². The molecule has 0 aliphatic carbocycles. The highest BCUT2D eigenvalue weighted by molar-refractivity contribution is 5.74. The van der Waals surface area contributed by atoms with Gasteiger partial charge in [0.2, 0.25) is 0 Å². The van der Waals surface area contributed by atoms with Crippen molar-refractivity contribution in [3.63, 3.8) is 0 Å². The molecule has 0 aromatic carbocycles. The van der Waals surface area contributed by atoms with E-state index in [0.717, 1.165) is 45.4 Å². The number of rotatable bonds is 1. The third-order valence-corrected chi connectivity index (χ3v) is 3.49. The van der Waals surface area contributed by atoms with Crippen LogP contribution >= 0.6 is 0 Å². The van der Waals surface area contributed by atoms with Gasteiger partial charge in [-0.1, -0.05) is 6.92 Å². The zero-order chi connectivity index (χ0) is 10.7. The second kappa shape index (κ2) is 4.84. The Morgan fingerprint density at radius 2 is 2.13 bits per heavy atom. The van der Waals surface area contributed by atoms with Crippen LogP contribution in [0, 0.1) is 5.92 Å². The minimum absolute atomic E-state index is 0.145. The van der Waals surface area contributed by atoms with Crippen LogP contribution in [0.1, 0.15) is 26.2 Å². The fraction of sp³-hybridized carbons (Fsp3) is 0.909. The first-order valence-electron chi connectivity index (χ1n) is 6.03. The first-order chi connectivity index (χ1) is 7.27. The predicted octanol–water partition coefficient (Wildman–Crippen LogP) is 0.790. The van der Waals surface area contributed by atoms with Gasteiger partial charge in [-0.2, -0.15) is 0 Å². The van der Waals surface area contributed by atoms with Crippen LogP contribution in [0.25, 0.3) is 0 Å². The fourth-order valence-electron chi connectivity index (χ4n) is 2.40. The lowest BCUT2D eigenvalue weighted by atomic mass is 9.95. The van der Waals surface area contributed by atoms with Gasteiger partial charge in [0.25, 0.3) is 0 Å². The molecule has 0 spiro atoms. The Kier molecular flexibility index (Phi) is 3.46. The summed E-state index contributed by atoms with van der Waals surface area (Å²) in [4.78, 5) is 13.8. The van der Waals surface area contributed by atoms with Crippen molar-refractivity contribution in [3.8, 4) is 0 Å². The molecule has 2 N–H and O–H groups in total. The second-order valence-corrected chi connectivity index (χ2v) is 4.72. The van der Waals surface area contributed by atoms with Crippen LogP contribution in [0.5, 0.6) is 0 Å². The minimum atomic E-state index is 0.145. The molecule has 0 aromatic rings. The molecule has 0 bridgehead atoms. The highest BCUT2D eigenvalue weighted by Gasteiger charge is 2.25. The third kappa shape index (κ3) is 2.62. The first-order valence-corrected chi connectivity index (χ1v) is 6.03. The predicted molar refractivity (Wildman–Crippen MR) is 59.8 cm³/mol. The molecule has 2 fully saturated rings. The van der Waals surface area contributed by atoms with E-state index >= 15 is 0 Å². The molecule has 0 radical (unpaired) electrons. The number of carbonyl (C=O) groups is 1. The quantitative estimate of drug-likeness (QED) is 0.673. The normalized spacial score (nSPS) is 31.7. The number of nitrogens with one attached hydrogen (secondary N) is 2. The molecular formula is C11H21N3O. The van der Waals surface area contributed by atoms with Gasteiger partial charge in [0.05, 0.1) is 0 Å². The van der Waals surface area contributed by atoms with Gasteiger partial charge in [-0.15, -0.1) is 0 Å². The summed E-state index contributed by atoms with van der Waals surface area (Å²) in [6, 6.07) is 0.505. The number of carbonyl (C=O) groups excluding carboxylic acids is 1. The van der Waals surface area contributed by atoms with Gasteiger partial charge in [-0.05, 0) is 38.3 Å². The van der Waals surface area contributed by atoms with Crippen LogP contribution in [0.15, 0.2) is 0 Å². The SMILES string of the molecule is CC1CNCCC1NC(=O)N1CCCC1. The molecule has 2 atom stereocenters. The van der Waals surface area contributed by atoms with Gasteiger partial charge < -0.3 is 15.5 Å². The van der Waals surface area contributed by atoms with Crippen molar-refractivity contribution in [3.05, 3.63) is 0 Å². The molecule has 2 unspecified atom stereocenters. The Bertz CT molecular complexity index is 226. The molecular weight excluding hydrogens is 190 g/mol. The number of hydrogen-bond donors (Lipinski definition) is 2. The Morgan fingerprint density at radius 1 is 1.40 bits per heavy atom. The van der Waals surface area contributed by atoms with Crippen molar-refractivity contribution in [2.45, 2.75) is 32.2 Å². The zero-order valence-electron chi connectivity index (χ0n) is 9.46. The molecule has 2 aliphatic rings. The molecule has 0 saturated carbocycles. The van der Waals surface area contributed by atoms with Crippen molar-refractivity contribution >= 4 is 6.03 Å². The number of amides is 2. The summed E-state index contributed by atoms with van der Waals surface area (Å²) >= 11 is 0. The van der Waals surface area contributed by atoms with Crippen molar-refractivity contribution in [2.75, 3.05) is 26.2 Å². The van der Waals surface area contributed by atoms with Crippen LogP contribution < -0.4 is 10.6 Å². The average Bonchev–Trinajstić information content (AvgIpc) is 2.74. The summed E-state index contributed by atoms with van der Waals surface area (Å²) in [5.41, 5.74) is 0. The third-order valence-electron chi connectivity index (χ3n) is 3.49. The van der Waals surface area contributed by atoms with Gasteiger partial charge >= 0.3 is 6.03 Å². The monoisotopic (exact) mass is 211 g/mol. The van der Waals surface area contributed by atoms with Gasteiger partial charge in [-0.3, -0.25) is 0 Å². The average molecular weight is 211 g/mol. The summed E-state index contributed by atoms with van der Waals surface area (Å²) in [6.07, 6.45) is 3.38. The van der Waals surface area contributed by atoms with E-state index in [0.29, 0.717) is 12.0 Å². The standard InChI is InChI=1S/C11H21N3O/c1-9-8-12-5-4-10(9)13-11(15)14-6-2-3-7-14/h9-10,12H,2-8H2,1H3,(H,13,15). The lowest BCUT2D eigenvalue weighted by molar-refractivity contribution is 0.194. The smallest absolute Gasteiger partial charge is 0.317 e. The number of hydrogen-bond acceptors (Lipinski definition) is 2. The number of likely N-dealkylation sites (tertiary alicyclic amines) is 1. The van der Waals surface area contributed by atoms with E-state index in [1.807, 2.05) is 4.90 Å². The molecule has 2 rings (SSSR count). The van der Waals surface area contributed by atoms with Crippen LogP contribution in [0.4, 0.5) is 4.79 Å². The Morgan fingerprint density at radius 3 is 2.80 bits per heavy atom. The van der Waals surface area contributed by atoms with Crippen molar-refractivity contribution in [2.24, 2.45) is 5.92 Å². The number of nitrogens with zero attached hydrogens (tertiary/aromatic N) is 1. The molecule has 2 heterocycles. The molecule has 4 nitrogen and oxygen atoms in total. The summed E-state index contributed by atoms with van der Waals surface area (Å²) in [6.45, 7) is 6.11. The van der Waals surface area contributed by atoms with Gasteiger partial charge in [0.1, 0.15) is 0 Å². The van der Waals surface area contributed by atoms with Crippen LogP contribution in [0.3, 0.4) is 0 Å². The van der Waals surface area contributed by atoms with Gasteiger partial charge in [0.15, 0.2) is 0 Å². The van der Waals surface area contributed by atoms with Crippen molar-refractivity contribution < 1.29 is 4.79 Å². The van der Waals surface area contributed by atoms with Gasteiger partial charge in [-0.25, -0.2) is 4.79 Å². The molecule has 4 heteroatoms. The fourth-order valence-corrected chi connectivity index (χ4v) is 2.40. The van der Waals surface area contributed by atoms with Crippen molar-refractivity contribution in [1.29, 1.82) is 0 Å². The van der Waals surface area contributed by atoms with E-state index in [2.05, 4.69) is 17.6 Å². The second-order valence-electron chi connectivity index (χ2n) is 4.72. The summed E-state index contributed by atoms with van der Waals surface area (Å²) in [5, 5.41) is 6.50. The summed E-state index contributed by atoms with van der Waals surface area (Å²) in [7, 11) is 0. The van der Waals surface area contributed by atoms with E-state index in [4.69, 9.17) is 0 Å². The molecule has 15 heavy (non-hydrogen) atoms. The lowest BCUT2D eigenvalue weighted by Crippen LogP contribution is -2.51. The Labute approximate surface area is 91.4 Å². The summed E-state index contributed by atoms with van der Waals surface area (Å²) in [5.74, 6) is 0.547. The first kappa shape index (κ1) is 10.7. The number of urea groups is 1. The van der Waals surface area contributed by atoms with Gasteiger partial charge in [0, 0.05) is 19.1 Å². The van der Waals surface area contributed by atoms with E-state index < -0.39 is 0 Å². The van der Waals surface area contributed by atoms with E-state index in [1.165, 1.54) is 0 Å². The minimum Gasteiger partial charge on any atom is -0.335 e. The van der Waals surface area contributed by atoms with Crippen LogP contribution in [0.2, 0.25) is 0 Å². The highest BCUT2D eigenvalue weighted by atomic mass is 16.2. The van der Waals surface area contributed by atoms with E-state index in [1.54, 1.807) is 0 Å². The maximum Gasteiger partial charge on any atom is 0.317 e. The maximum absolute atomic E-state index is 11.9. The molecule has 0 aromatic heterocycles. The molecule has 2 amide bonds.